The second-order valence-corrected chi connectivity index (χ2v) is 5.43. The molecule has 0 radical (unpaired) electrons. The van der Waals surface area contributed by atoms with Crippen LogP contribution in [0.15, 0.2) is 0 Å². The van der Waals surface area contributed by atoms with Gasteiger partial charge in [-0.1, -0.05) is 27.7 Å². The van der Waals surface area contributed by atoms with Crippen LogP contribution in [0.1, 0.15) is 27.7 Å². The SMILES string of the molecule is CCN(CC)CCN(CC(C)C)C(=O)CNCCOC. The lowest BCUT2D eigenvalue weighted by atomic mass is 10.2. The van der Waals surface area contributed by atoms with Gasteiger partial charge >= 0.3 is 0 Å². The van der Waals surface area contributed by atoms with Gasteiger partial charge in [-0.3, -0.25) is 4.79 Å². The number of carbonyl (C=O) groups is 1. The van der Waals surface area contributed by atoms with Gasteiger partial charge in [0.25, 0.3) is 0 Å². The summed E-state index contributed by atoms with van der Waals surface area (Å²) in [4.78, 5) is 16.6. The molecule has 120 valence electrons. The Kier molecular flexibility index (Phi) is 11.7. The first kappa shape index (κ1) is 19.4. The number of nitrogens with one attached hydrogen (secondary N) is 1. The Labute approximate surface area is 124 Å². The quantitative estimate of drug-likeness (QED) is 0.545. The van der Waals surface area contributed by atoms with Crippen LogP contribution in [0.2, 0.25) is 0 Å². The van der Waals surface area contributed by atoms with E-state index >= 15 is 0 Å². The zero-order chi connectivity index (χ0) is 15.4. The van der Waals surface area contributed by atoms with E-state index in [-0.39, 0.29) is 5.91 Å². The summed E-state index contributed by atoms with van der Waals surface area (Å²) in [7, 11) is 1.67. The van der Waals surface area contributed by atoms with Crippen LogP contribution in [0, 0.1) is 5.92 Å². The monoisotopic (exact) mass is 287 g/mol. The van der Waals surface area contributed by atoms with Gasteiger partial charge in [-0.25, -0.2) is 0 Å². The summed E-state index contributed by atoms with van der Waals surface area (Å²) >= 11 is 0. The summed E-state index contributed by atoms with van der Waals surface area (Å²) in [6.45, 7) is 15.0. The van der Waals surface area contributed by atoms with Crippen LogP contribution in [0.5, 0.6) is 0 Å². The molecule has 1 amide bonds. The Hall–Kier alpha value is -0.650. The molecule has 0 bridgehead atoms. The third-order valence-electron chi connectivity index (χ3n) is 3.28. The number of nitrogens with zero attached hydrogens (tertiary/aromatic N) is 2. The molecule has 5 nitrogen and oxygen atoms in total. The van der Waals surface area contributed by atoms with E-state index in [0.717, 1.165) is 32.7 Å². The Morgan fingerprint density at radius 2 is 1.85 bits per heavy atom. The van der Waals surface area contributed by atoms with Crippen molar-refractivity contribution >= 4 is 5.91 Å². The predicted octanol–water partition coefficient (Wildman–Crippen LogP) is 1.05. The Balaban J connectivity index is 4.20. The molecule has 0 fully saturated rings. The maximum absolute atomic E-state index is 12.2. The van der Waals surface area contributed by atoms with Crippen molar-refractivity contribution in [2.45, 2.75) is 27.7 Å². The van der Waals surface area contributed by atoms with E-state index in [2.05, 4.69) is 37.9 Å². The second kappa shape index (κ2) is 12.1. The first-order valence-corrected chi connectivity index (χ1v) is 7.74. The van der Waals surface area contributed by atoms with Gasteiger partial charge in [0.15, 0.2) is 0 Å². The molecule has 0 aromatic rings. The number of likely N-dealkylation sites (N-methyl/N-ethyl adjacent to an activating group) is 1. The van der Waals surface area contributed by atoms with E-state index in [9.17, 15) is 4.79 Å². The van der Waals surface area contributed by atoms with Crippen LogP contribution in [0.4, 0.5) is 0 Å². The van der Waals surface area contributed by atoms with Crippen LogP contribution in [0.3, 0.4) is 0 Å². The lowest BCUT2D eigenvalue weighted by molar-refractivity contribution is -0.131. The minimum absolute atomic E-state index is 0.182. The van der Waals surface area contributed by atoms with Gasteiger partial charge in [0.2, 0.25) is 5.91 Å². The summed E-state index contributed by atoms with van der Waals surface area (Å²) in [6, 6.07) is 0. The van der Waals surface area contributed by atoms with Crippen LogP contribution in [-0.2, 0) is 9.53 Å². The molecular formula is C15H33N3O2. The average molecular weight is 287 g/mol. The number of hydrogen-bond donors (Lipinski definition) is 1. The van der Waals surface area contributed by atoms with Gasteiger partial charge in [-0.05, 0) is 19.0 Å². The van der Waals surface area contributed by atoms with Crippen LogP contribution >= 0.6 is 0 Å². The molecule has 0 heterocycles. The largest absolute Gasteiger partial charge is 0.383 e. The highest BCUT2D eigenvalue weighted by atomic mass is 16.5. The van der Waals surface area contributed by atoms with Crippen molar-refractivity contribution in [3.63, 3.8) is 0 Å². The molecule has 0 aromatic carbocycles. The van der Waals surface area contributed by atoms with Crippen molar-refractivity contribution in [2.75, 3.05) is 59.5 Å². The second-order valence-electron chi connectivity index (χ2n) is 5.43. The maximum atomic E-state index is 12.2. The van der Waals surface area contributed by atoms with E-state index in [1.165, 1.54) is 0 Å². The van der Waals surface area contributed by atoms with E-state index in [4.69, 9.17) is 4.74 Å². The molecule has 0 unspecified atom stereocenters. The fourth-order valence-corrected chi connectivity index (χ4v) is 2.04. The highest BCUT2D eigenvalue weighted by Crippen LogP contribution is 2.00. The summed E-state index contributed by atoms with van der Waals surface area (Å²) < 4.78 is 4.96. The predicted molar refractivity (Wildman–Crippen MR) is 84.0 cm³/mol. The lowest BCUT2D eigenvalue weighted by Crippen LogP contribution is -2.44. The molecular weight excluding hydrogens is 254 g/mol. The number of rotatable bonds is 12. The number of methoxy groups -OCH3 is 1. The topological polar surface area (TPSA) is 44.8 Å². The van der Waals surface area contributed by atoms with Crippen molar-refractivity contribution in [1.82, 2.24) is 15.1 Å². The van der Waals surface area contributed by atoms with Gasteiger partial charge in [0.1, 0.15) is 0 Å². The first-order chi connectivity index (χ1) is 9.54. The number of amides is 1. The van der Waals surface area contributed by atoms with Crippen molar-refractivity contribution in [1.29, 1.82) is 0 Å². The third-order valence-corrected chi connectivity index (χ3v) is 3.28. The molecule has 0 aromatic heterocycles. The highest BCUT2D eigenvalue weighted by Gasteiger charge is 2.15. The van der Waals surface area contributed by atoms with Crippen LogP contribution in [0.25, 0.3) is 0 Å². The molecule has 0 spiro atoms. The van der Waals surface area contributed by atoms with Crippen LogP contribution in [-0.4, -0.2) is 75.2 Å². The Morgan fingerprint density at radius 1 is 1.20 bits per heavy atom. The van der Waals surface area contributed by atoms with E-state index in [1.807, 2.05) is 4.90 Å². The smallest absolute Gasteiger partial charge is 0.236 e. The number of carbonyl (C=O) groups excluding carboxylic acids is 1. The van der Waals surface area contributed by atoms with Crippen molar-refractivity contribution in [3.05, 3.63) is 0 Å². The van der Waals surface area contributed by atoms with Crippen molar-refractivity contribution < 1.29 is 9.53 Å². The Bertz CT molecular complexity index is 243. The van der Waals surface area contributed by atoms with Crippen LogP contribution < -0.4 is 5.32 Å². The number of ether oxygens (including phenoxy) is 1. The molecule has 0 aliphatic rings. The zero-order valence-corrected chi connectivity index (χ0v) is 13.9. The van der Waals surface area contributed by atoms with E-state index < -0.39 is 0 Å². The zero-order valence-electron chi connectivity index (χ0n) is 13.9. The van der Waals surface area contributed by atoms with Crippen molar-refractivity contribution in [3.8, 4) is 0 Å². The molecule has 0 atom stereocenters. The molecule has 0 aliphatic carbocycles. The van der Waals surface area contributed by atoms with Gasteiger partial charge in [-0.2, -0.15) is 0 Å². The number of hydrogen-bond acceptors (Lipinski definition) is 4. The fourth-order valence-electron chi connectivity index (χ4n) is 2.04. The Morgan fingerprint density at radius 3 is 2.35 bits per heavy atom. The molecule has 0 saturated heterocycles. The molecule has 1 N–H and O–H groups in total. The fraction of sp³-hybridized carbons (Fsp3) is 0.933. The summed E-state index contributed by atoms with van der Waals surface area (Å²) in [6.07, 6.45) is 0. The molecule has 0 rings (SSSR count). The minimum atomic E-state index is 0.182. The molecule has 20 heavy (non-hydrogen) atoms. The van der Waals surface area contributed by atoms with E-state index in [0.29, 0.717) is 25.6 Å². The summed E-state index contributed by atoms with van der Waals surface area (Å²) in [5.74, 6) is 0.677. The van der Waals surface area contributed by atoms with Gasteiger partial charge in [0.05, 0.1) is 13.2 Å². The van der Waals surface area contributed by atoms with Gasteiger partial charge in [0, 0.05) is 33.3 Å². The summed E-state index contributed by atoms with van der Waals surface area (Å²) in [5, 5.41) is 3.13. The summed E-state index contributed by atoms with van der Waals surface area (Å²) in [5.41, 5.74) is 0. The third kappa shape index (κ3) is 9.28. The minimum Gasteiger partial charge on any atom is -0.383 e. The molecule has 0 aliphatic heterocycles. The molecule has 5 heteroatoms. The highest BCUT2D eigenvalue weighted by molar-refractivity contribution is 5.78. The van der Waals surface area contributed by atoms with E-state index in [1.54, 1.807) is 7.11 Å². The maximum Gasteiger partial charge on any atom is 0.236 e. The van der Waals surface area contributed by atoms with Crippen molar-refractivity contribution in [2.24, 2.45) is 5.92 Å². The van der Waals surface area contributed by atoms with Gasteiger partial charge < -0.3 is 19.9 Å². The standard InChI is InChI=1S/C15H33N3O2/c1-6-17(7-2)9-10-18(13-14(3)4)15(19)12-16-8-11-20-5/h14,16H,6-13H2,1-5H3. The first-order valence-electron chi connectivity index (χ1n) is 7.74. The van der Waals surface area contributed by atoms with Gasteiger partial charge in [-0.15, -0.1) is 0 Å². The molecule has 0 saturated carbocycles. The lowest BCUT2D eigenvalue weighted by Gasteiger charge is -2.28. The normalized spacial score (nSPS) is 11.3. The average Bonchev–Trinajstić information content (AvgIpc) is 2.42.